The average molecular weight is 160 g/mol. The van der Waals surface area contributed by atoms with E-state index in [9.17, 15) is 9.18 Å². The molecule has 0 aliphatic heterocycles. The first-order chi connectivity index (χ1) is 5.25. The first-order valence-electron chi connectivity index (χ1n) is 4.06. The highest BCUT2D eigenvalue weighted by molar-refractivity contribution is 5.76. The standard InChI is InChI=1S/C8H13FO2/c1-2-3-4-11-8(10)6-5-7(6)9/h6-7H,2-5H2,1H3/t6-,7+/m1/s1. The van der Waals surface area contributed by atoms with E-state index in [-0.39, 0.29) is 5.97 Å². The van der Waals surface area contributed by atoms with Crippen molar-refractivity contribution in [2.24, 2.45) is 5.92 Å². The zero-order chi connectivity index (χ0) is 8.27. The molecule has 0 amide bonds. The zero-order valence-electron chi connectivity index (χ0n) is 6.68. The monoisotopic (exact) mass is 160 g/mol. The van der Waals surface area contributed by atoms with Crippen LogP contribution >= 0.6 is 0 Å². The number of unbranched alkanes of at least 4 members (excludes halogenated alkanes) is 1. The molecule has 0 saturated heterocycles. The van der Waals surface area contributed by atoms with Crippen LogP contribution in [0.1, 0.15) is 26.2 Å². The minimum atomic E-state index is -0.927. The van der Waals surface area contributed by atoms with Gasteiger partial charge < -0.3 is 4.74 Å². The van der Waals surface area contributed by atoms with E-state index in [1.165, 1.54) is 0 Å². The summed E-state index contributed by atoms with van der Waals surface area (Å²) in [5.74, 6) is -0.794. The Bertz CT molecular complexity index is 147. The van der Waals surface area contributed by atoms with Crippen molar-refractivity contribution in [1.82, 2.24) is 0 Å². The van der Waals surface area contributed by atoms with Gasteiger partial charge in [0, 0.05) is 0 Å². The third-order valence-electron chi connectivity index (χ3n) is 1.76. The summed E-state index contributed by atoms with van der Waals surface area (Å²) in [6.45, 7) is 2.46. The van der Waals surface area contributed by atoms with Gasteiger partial charge in [-0.15, -0.1) is 0 Å². The highest BCUT2D eigenvalue weighted by Crippen LogP contribution is 2.34. The summed E-state index contributed by atoms with van der Waals surface area (Å²) in [6, 6.07) is 0. The summed E-state index contributed by atoms with van der Waals surface area (Å²) >= 11 is 0. The minimum Gasteiger partial charge on any atom is -0.465 e. The third kappa shape index (κ3) is 2.48. The lowest BCUT2D eigenvalue weighted by Crippen LogP contribution is -2.09. The number of carbonyl (C=O) groups is 1. The Labute approximate surface area is 65.7 Å². The molecule has 64 valence electrons. The van der Waals surface area contributed by atoms with Crippen LogP contribution in [0.15, 0.2) is 0 Å². The van der Waals surface area contributed by atoms with Crippen LogP contribution in [0.4, 0.5) is 4.39 Å². The average Bonchev–Trinajstić information content (AvgIpc) is 2.67. The second-order valence-corrected chi connectivity index (χ2v) is 2.88. The molecule has 0 radical (unpaired) electrons. The van der Waals surface area contributed by atoms with E-state index >= 15 is 0 Å². The van der Waals surface area contributed by atoms with Gasteiger partial charge in [0.2, 0.25) is 0 Å². The molecule has 1 rings (SSSR count). The molecule has 1 fully saturated rings. The van der Waals surface area contributed by atoms with E-state index in [1.807, 2.05) is 6.92 Å². The van der Waals surface area contributed by atoms with E-state index in [1.54, 1.807) is 0 Å². The quantitative estimate of drug-likeness (QED) is 0.462. The molecule has 2 nitrogen and oxygen atoms in total. The molecule has 0 aromatic carbocycles. The van der Waals surface area contributed by atoms with Crippen LogP contribution in [0, 0.1) is 5.92 Å². The molecule has 0 heterocycles. The van der Waals surface area contributed by atoms with E-state index in [4.69, 9.17) is 4.74 Å². The number of halogens is 1. The largest absolute Gasteiger partial charge is 0.465 e. The molecule has 0 N–H and O–H groups in total. The third-order valence-corrected chi connectivity index (χ3v) is 1.76. The van der Waals surface area contributed by atoms with E-state index in [2.05, 4.69) is 0 Å². The normalized spacial score (nSPS) is 28.2. The van der Waals surface area contributed by atoms with Crippen molar-refractivity contribution in [2.45, 2.75) is 32.4 Å². The van der Waals surface area contributed by atoms with Crippen molar-refractivity contribution in [3.8, 4) is 0 Å². The smallest absolute Gasteiger partial charge is 0.312 e. The van der Waals surface area contributed by atoms with Crippen LogP contribution in [0.5, 0.6) is 0 Å². The molecule has 11 heavy (non-hydrogen) atoms. The first-order valence-corrected chi connectivity index (χ1v) is 4.06. The van der Waals surface area contributed by atoms with Gasteiger partial charge in [-0.2, -0.15) is 0 Å². The maximum atomic E-state index is 12.2. The van der Waals surface area contributed by atoms with Crippen LogP contribution in [-0.2, 0) is 9.53 Å². The summed E-state index contributed by atoms with van der Waals surface area (Å²) < 4.78 is 17.0. The fourth-order valence-electron chi connectivity index (χ4n) is 0.832. The van der Waals surface area contributed by atoms with Gasteiger partial charge in [0.15, 0.2) is 0 Å². The van der Waals surface area contributed by atoms with Crippen molar-refractivity contribution in [2.75, 3.05) is 6.61 Å². The zero-order valence-corrected chi connectivity index (χ0v) is 6.68. The molecular weight excluding hydrogens is 147 g/mol. The molecule has 0 bridgehead atoms. The highest BCUT2D eigenvalue weighted by Gasteiger charge is 2.44. The Morgan fingerprint density at radius 1 is 1.73 bits per heavy atom. The van der Waals surface area contributed by atoms with Crippen LogP contribution in [0.3, 0.4) is 0 Å². The Hall–Kier alpha value is -0.600. The molecule has 1 aliphatic carbocycles. The molecule has 0 spiro atoms. The Morgan fingerprint density at radius 3 is 2.82 bits per heavy atom. The predicted molar refractivity (Wildman–Crippen MR) is 38.9 cm³/mol. The van der Waals surface area contributed by atoms with Gasteiger partial charge in [-0.3, -0.25) is 4.79 Å². The fourth-order valence-corrected chi connectivity index (χ4v) is 0.832. The van der Waals surface area contributed by atoms with Gasteiger partial charge in [-0.25, -0.2) is 4.39 Å². The van der Waals surface area contributed by atoms with Gasteiger partial charge in [-0.1, -0.05) is 13.3 Å². The summed E-state index contributed by atoms with van der Waals surface area (Å²) in [5, 5.41) is 0. The van der Waals surface area contributed by atoms with E-state index < -0.39 is 12.1 Å². The molecule has 1 aliphatic rings. The molecule has 0 unspecified atom stereocenters. The fraction of sp³-hybridized carbons (Fsp3) is 0.875. The number of hydrogen-bond donors (Lipinski definition) is 0. The van der Waals surface area contributed by atoms with Crippen LogP contribution in [-0.4, -0.2) is 18.7 Å². The molecule has 1 saturated carbocycles. The van der Waals surface area contributed by atoms with Gasteiger partial charge in [-0.05, 0) is 12.8 Å². The summed E-state index contributed by atoms with van der Waals surface area (Å²) in [4.78, 5) is 10.8. The Morgan fingerprint density at radius 2 is 2.36 bits per heavy atom. The number of esters is 1. The molecule has 0 aromatic heterocycles. The van der Waals surface area contributed by atoms with E-state index in [0.717, 1.165) is 12.8 Å². The minimum absolute atomic E-state index is 0.356. The molecule has 0 aromatic rings. The summed E-state index contributed by atoms with van der Waals surface area (Å²) in [7, 11) is 0. The summed E-state index contributed by atoms with van der Waals surface area (Å²) in [6.07, 6.45) is 1.31. The number of hydrogen-bond acceptors (Lipinski definition) is 2. The van der Waals surface area contributed by atoms with Crippen LogP contribution in [0.25, 0.3) is 0 Å². The van der Waals surface area contributed by atoms with Gasteiger partial charge in [0.05, 0.1) is 12.5 Å². The van der Waals surface area contributed by atoms with Crippen LogP contribution in [0.2, 0.25) is 0 Å². The second kappa shape index (κ2) is 3.69. The molecular formula is C8H13FO2. The summed E-state index contributed by atoms with van der Waals surface area (Å²) in [5.41, 5.74) is 0. The predicted octanol–water partition coefficient (Wildman–Crippen LogP) is 1.69. The van der Waals surface area contributed by atoms with Gasteiger partial charge in [0.25, 0.3) is 0 Å². The first kappa shape index (κ1) is 8.50. The number of ether oxygens (including phenoxy) is 1. The molecule has 2 atom stereocenters. The van der Waals surface area contributed by atoms with Gasteiger partial charge in [0.1, 0.15) is 6.17 Å². The lowest BCUT2D eigenvalue weighted by molar-refractivity contribution is -0.145. The highest BCUT2D eigenvalue weighted by atomic mass is 19.1. The maximum absolute atomic E-state index is 12.2. The van der Waals surface area contributed by atoms with E-state index in [0.29, 0.717) is 13.0 Å². The Kier molecular flexibility index (Phi) is 2.85. The second-order valence-electron chi connectivity index (χ2n) is 2.88. The van der Waals surface area contributed by atoms with Crippen molar-refractivity contribution < 1.29 is 13.9 Å². The van der Waals surface area contributed by atoms with Crippen molar-refractivity contribution in [3.63, 3.8) is 0 Å². The lowest BCUT2D eigenvalue weighted by atomic mass is 10.3. The number of alkyl halides is 1. The Balaban J connectivity index is 2.03. The van der Waals surface area contributed by atoms with Crippen molar-refractivity contribution >= 4 is 5.97 Å². The van der Waals surface area contributed by atoms with Crippen molar-refractivity contribution in [3.05, 3.63) is 0 Å². The maximum Gasteiger partial charge on any atom is 0.312 e. The number of rotatable bonds is 4. The topological polar surface area (TPSA) is 26.3 Å². The lowest BCUT2D eigenvalue weighted by Gasteiger charge is -2.00. The SMILES string of the molecule is CCCCOC(=O)[C@@H]1C[C@@H]1F. The van der Waals surface area contributed by atoms with Gasteiger partial charge >= 0.3 is 5.97 Å². The van der Waals surface area contributed by atoms with Crippen molar-refractivity contribution in [1.29, 1.82) is 0 Å². The molecule has 3 heteroatoms. The number of carbonyl (C=O) groups excluding carboxylic acids is 1. The van der Waals surface area contributed by atoms with Crippen LogP contribution < -0.4 is 0 Å².